The normalized spacial score (nSPS) is 17.6. The molecule has 1 aliphatic rings. The number of halogens is 1. The number of ether oxygens (including phenoxy) is 1. The second kappa shape index (κ2) is 4.88. The highest BCUT2D eigenvalue weighted by Crippen LogP contribution is 2.29. The van der Waals surface area contributed by atoms with Crippen LogP contribution in [-0.2, 0) is 4.79 Å². The van der Waals surface area contributed by atoms with Gasteiger partial charge in [0.1, 0.15) is 5.75 Å². The summed E-state index contributed by atoms with van der Waals surface area (Å²) >= 11 is 5.84. The van der Waals surface area contributed by atoms with Crippen LogP contribution in [-0.4, -0.2) is 11.9 Å². The predicted molar refractivity (Wildman–Crippen MR) is 63.9 cm³/mol. The van der Waals surface area contributed by atoms with Crippen LogP contribution in [0.15, 0.2) is 24.3 Å². The predicted octanol–water partition coefficient (Wildman–Crippen LogP) is 3.48. The second-order valence-corrected chi connectivity index (χ2v) is 4.68. The molecule has 0 aliphatic heterocycles. The molecule has 0 bridgehead atoms. The summed E-state index contributed by atoms with van der Waals surface area (Å²) in [6.45, 7) is 1.81. The standard InChI is InChI=1S/C13H15ClO2/c1-9(13(15)10-4-2-5-10)16-12-7-3-6-11(14)8-12/h3,6-10H,2,4-5H2,1H3. The Hall–Kier alpha value is -1.02. The highest BCUT2D eigenvalue weighted by Gasteiger charge is 2.29. The van der Waals surface area contributed by atoms with Crippen LogP contribution in [0.4, 0.5) is 0 Å². The molecule has 1 unspecified atom stereocenters. The molecular weight excluding hydrogens is 224 g/mol. The molecule has 0 amide bonds. The lowest BCUT2D eigenvalue weighted by Crippen LogP contribution is -2.33. The Kier molecular flexibility index (Phi) is 3.49. The van der Waals surface area contributed by atoms with Gasteiger partial charge in [0.25, 0.3) is 0 Å². The number of carbonyl (C=O) groups is 1. The number of Topliss-reactive ketones (excluding diaryl/α,β-unsaturated/α-hetero) is 1. The summed E-state index contributed by atoms with van der Waals surface area (Å²) in [6, 6.07) is 7.15. The highest BCUT2D eigenvalue weighted by atomic mass is 35.5. The second-order valence-electron chi connectivity index (χ2n) is 4.25. The van der Waals surface area contributed by atoms with Crippen molar-refractivity contribution in [1.29, 1.82) is 0 Å². The number of carbonyl (C=O) groups excluding carboxylic acids is 1. The lowest BCUT2D eigenvalue weighted by atomic mass is 9.80. The van der Waals surface area contributed by atoms with E-state index in [2.05, 4.69) is 0 Å². The van der Waals surface area contributed by atoms with Gasteiger partial charge in [0.2, 0.25) is 0 Å². The van der Waals surface area contributed by atoms with Gasteiger partial charge in [-0.05, 0) is 38.0 Å². The van der Waals surface area contributed by atoms with Crippen molar-refractivity contribution in [3.63, 3.8) is 0 Å². The monoisotopic (exact) mass is 238 g/mol. The smallest absolute Gasteiger partial charge is 0.176 e. The molecule has 0 aromatic heterocycles. The van der Waals surface area contributed by atoms with Crippen LogP contribution < -0.4 is 4.74 Å². The van der Waals surface area contributed by atoms with E-state index in [4.69, 9.17) is 16.3 Å². The van der Waals surface area contributed by atoms with Crippen LogP contribution in [0, 0.1) is 5.92 Å². The van der Waals surface area contributed by atoms with Crippen LogP contribution in [0.2, 0.25) is 5.02 Å². The molecule has 1 saturated carbocycles. The van der Waals surface area contributed by atoms with Crippen molar-refractivity contribution in [2.75, 3.05) is 0 Å². The van der Waals surface area contributed by atoms with Crippen molar-refractivity contribution in [3.8, 4) is 5.75 Å². The minimum atomic E-state index is -0.372. The first-order valence-electron chi connectivity index (χ1n) is 5.63. The molecule has 1 aliphatic carbocycles. The Balaban J connectivity index is 1.95. The number of rotatable bonds is 4. The maximum atomic E-state index is 11.9. The Morgan fingerprint density at radius 3 is 2.81 bits per heavy atom. The van der Waals surface area contributed by atoms with Crippen molar-refractivity contribution in [3.05, 3.63) is 29.3 Å². The van der Waals surface area contributed by atoms with E-state index in [1.807, 2.05) is 19.1 Å². The molecular formula is C13H15ClO2. The molecule has 1 fully saturated rings. The number of ketones is 1. The van der Waals surface area contributed by atoms with Crippen molar-refractivity contribution in [2.24, 2.45) is 5.92 Å². The fraction of sp³-hybridized carbons (Fsp3) is 0.462. The molecule has 0 saturated heterocycles. The molecule has 16 heavy (non-hydrogen) atoms. The van der Waals surface area contributed by atoms with Crippen LogP contribution in [0.5, 0.6) is 5.75 Å². The Bertz CT molecular complexity index is 385. The first-order chi connectivity index (χ1) is 7.66. The van der Waals surface area contributed by atoms with Crippen molar-refractivity contribution >= 4 is 17.4 Å². The fourth-order valence-electron chi connectivity index (χ4n) is 1.83. The third-order valence-corrected chi connectivity index (χ3v) is 3.25. The summed E-state index contributed by atoms with van der Waals surface area (Å²) in [5.41, 5.74) is 0. The van der Waals surface area contributed by atoms with Gasteiger partial charge in [-0.25, -0.2) is 0 Å². The van der Waals surface area contributed by atoms with E-state index < -0.39 is 0 Å². The van der Waals surface area contributed by atoms with Gasteiger partial charge >= 0.3 is 0 Å². The van der Waals surface area contributed by atoms with Gasteiger partial charge in [-0.2, -0.15) is 0 Å². The van der Waals surface area contributed by atoms with Gasteiger partial charge in [-0.1, -0.05) is 24.1 Å². The van der Waals surface area contributed by atoms with Gasteiger partial charge in [-0.3, -0.25) is 4.79 Å². The zero-order valence-corrected chi connectivity index (χ0v) is 10.0. The van der Waals surface area contributed by atoms with Crippen LogP contribution in [0.3, 0.4) is 0 Å². The third-order valence-electron chi connectivity index (χ3n) is 3.02. The van der Waals surface area contributed by atoms with Crippen molar-refractivity contribution in [2.45, 2.75) is 32.3 Å². The summed E-state index contributed by atoms with van der Waals surface area (Å²) in [6.07, 6.45) is 2.83. The number of hydrogen-bond acceptors (Lipinski definition) is 2. The molecule has 1 aromatic rings. The topological polar surface area (TPSA) is 26.3 Å². The highest BCUT2D eigenvalue weighted by molar-refractivity contribution is 6.30. The summed E-state index contributed by atoms with van der Waals surface area (Å²) < 4.78 is 5.58. The number of hydrogen-bond donors (Lipinski definition) is 0. The average molecular weight is 239 g/mol. The SMILES string of the molecule is CC(Oc1cccc(Cl)c1)C(=O)C1CCC1. The lowest BCUT2D eigenvalue weighted by molar-refractivity contribution is -0.131. The molecule has 0 N–H and O–H groups in total. The van der Waals surface area contributed by atoms with Gasteiger partial charge in [0.15, 0.2) is 11.9 Å². The van der Waals surface area contributed by atoms with Crippen LogP contribution in [0.25, 0.3) is 0 Å². The Morgan fingerprint density at radius 1 is 1.50 bits per heavy atom. The molecule has 2 nitrogen and oxygen atoms in total. The summed E-state index contributed by atoms with van der Waals surface area (Å²) in [4.78, 5) is 11.9. The molecule has 0 heterocycles. The largest absolute Gasteiger partial charge is 0.483 e. The van der Waals surface area contributed by atoms with E-state index in [1.165, 1.54) is 6.42 Å². The summed E-state index contributed by atoms with van der Waals surface area (Å²) in [7, 11) is 0. The minimum Gasteiger partial charge on any atom is -0.483 e. The summed E-state index contributed by atoms with van der Waals surface area (Å²) in [5.74, 6) is 1.09. The van der Waals surface area contributed by atoms with E-state index >= 15 is 0 Å². The quantitative estimate of drug-likeness (QED) is 0.803. The Morgan fingerprint density at radius 2 is 2.25 bits per heavy atom. The summed E-state index contributed by atoms with van der Waals surface area (Å²) in [5, 5.41) is 0.626. The Labute approximate surface area is 101 Å². The third kappa shape index (κ3) is 2.56. The van der Waals surface area contributed by atoms with Crippen molar-refractivity contribution < 1.29 is 9.53 Å². The molecule has 3 heteroatoms. The average Bonchev–Trinajstić information content (AvgIpc) is 2.14. The van der Waals surface area contributed by atoms with Gasteiger partial charge in [0.05, 0.1) is 0 Å². The molecule has 86 valence electrons. The zero-order chi connectivity index (χ0) is 11.5. The van der Waals surface area contributed by atoms with E-state index in [1.54, 1.807) is 12.1 Å². The first-order valence-corrected chi connectivity index (χ1v) is 6.00. The van der Waals surface area contributed by atoms with Crippen molar-refractivity contribution in [1.82, 2.24) is 0 Å². The van der Waals surface area contributed by atoms with Crippen LogP contribution >= 0.6 is 11.6 Å². The first kappa shape index (κ1) is 11.5. The molecule has 2 rings (SSSR count). The molecule has 0 radical (unpaired) electrons. The van der Waals surface area contributed by atoms with Gasteiger partial charge < -0.3 is 4.74 Å². The van der Waals surface area contributed by atoms with Gasteiger partial charge in [0, 0.05) is 10.9 Å². The fourth-order valence-corrected chi connectivity index (χ4v) is 2.01. The molecule has 0 spiro atoms. The van der Waals surface area contributed by atoms with Crippen LogP contribution in [0.1, 0.15) is 26.2 Å². The maximum Gasteiger partial charge on any atom is 0.176 e. The molecule has 1 aromatic carbocycles. The van der Waals surface area contributed by atoms with E-state index in [9.17, 15) is 4.79 Å². The maximum absolute atomic E-state index is 11.9. The number of benzene rings is 1. The van der Waals surface area contributed by atoms with Gasteiger partial charge in [-0.15, -0.1) is 0 Å². The molecule has 1 atom stereocenters. The van der Waals surface area contributed by atoms with E-state index in [-0.39, 0.29) is 17.8 Å². The van der Waals surface area contributed by atoms with E-state index in [0.29, 0.717) is 10.8 Å². The minimum absolute atomic E-state index is 0.214. The van der Waals surface area contributed by atoms with E-state index in [0.717, 1.165) is 12.8 Å². The zero-order valence-electron chi connectivity index (χ0n) is 9.28. The lowest BCUT2D eigenvalue weighted by Gasteiger charge is -2.26.